The summed E-state index contributed by atoms with van der Waals surface area (Å²) in [6, 6.07) is 14.0. The Morgan fingerprint density at radius 3 is 2.55 bits per heavy atom. The summed E-state index contributed by atoms with van der Waals surface area (Å²) in [7, 11) is 0. The van der Waals surface area contributed by atoms with Gasteiger partial charge >= 0.3 is 0 Å². The second-order valence-electron chi connectivity index (χ2n) is 8.40. The molecule has 160 valence electrons. The van der Waals surface area contributed by atoms with Crippen molar-refractivity contribution in [3.63, 3.8) is 0 Å². The highest BCUT2D eigenvalue weighted by molar-refractivity contribution is 6.35. The third kappa shape index (κ3) is 2.77. The Morgan fingerprint density at radius 2 is 1.84 bits per heavy atom. The van der Waals surface area contributed by atoms with Crippen LogP contribution in [0.2, 0.25) is 5.02 Å². The van der Waals surface area contributed by atoms with Gasteiger partial charge in [-0.05, 0) is 25.0 Å². The van der Waals surface area contributed by atoms with Crippen LogP contribution in [0.3, 0.4) is 0 Å². The quantitative estimate of drug-likeness (QED) is 0.630. The third-order valence-electron chi connectivity index (χ3n) is 6.71. The van der Waals surface area contributed by atoms with Crippen molar-refractivity contribution in [3.05, 3.63) is 64.7 Å². The maximum Gasteiger partial charge on any atom is 0.250 e. The number of likely N-dealkylation sites (tertiary alicyclic amines) is 1. The van der Waals surface area contributed by atoms with Crippen molar-refractivity contribution in [1.29, 1.82) is 0 Å². The van der Waals surface area contributed by atoms with E-state index in [-0.39, 0.29) is 12.5 Å². The van der Waals surface area contributed by atoms with Crippen LogP contribution in [0.4, 0.5) is 5.69 Å². The molecule has 0 unspecified atom stereocenters. The van der Waals surface area contributed by atoms with Gasteiger partial charge in [-0.3, -0.25) is 24.6 Å². The van der Waals surface area contributed by atoms with Crippen molar-refractivity contribution >= 4 is 35.0 Å². The summed E-state index contributed by atoms with van der Waals surface area (Å²) in [5.41, 5.74) is 0.542. The number of benzene rings is 2. The molecule has 3 heterocycles. The van der Waals surface area contributed by atoms with Crippen LogP contribution >= 0.6 is 11.6 Å². The predicted octanol–water partition coefficient (Wildman–Crippen LogP) is 1.68. The van der Waals surface area contributed by atoms with E-state index in [2.05, 4.69) is 10.6 Å². The molecular weight excluding hydrogens is 418 g/mol. The summed E-state index contributed by atoms with van der Waals surface area (Å²) >= 11 is 6.30. The van der Waals surface area contributed by atoms with Crippen LogP contribution in [-0.2, 0) is 26.3 Å². The first-order valence-electron chi connectivity index (χ1n) is 10.3. The number of carbonyl (C=O) groups is 3. The second kappa shape index (κ2) is 7.15. The molecule has 5 atom stereocenters. The molecule has 3 N–H and O–H groups in total. The van der Waals surface area contributed by atoms with E-state index in [4.69, 9.17) is 11.6 Å². The average Bonchev–Trinajstić information content (AvgIpc) is 3.34. The van der Waals surface area contributed by atoms with Crippen molar-refractivity contribution in [1.82, 2.24) is 10.2 Å². The van der Waals surface area contributed by atoms with E-state index in [0.29, 0.717) is 22.7 Å². The lowest BCUT2D eigenvalue weighted by molar-refractivity contribution is -0.143. The molecule has 2 fully saturated rings. The van der Waals surface area contributed by atoms with E-state index >= 15 is 0 Å². The fourth-order valence-electron chi connectivity index (χ4n) is 5.30. The van der Waals surface area contributed by atoms with Gasteiger partial charge in [0.2, 0.25) is 17.7 Å². The topological polar surface area (TPSA) is 98.7 Å². The van der Waals surface area contributed by atoms with Crippen molar-refractivity contribution in [2.45, 2.75) is 31.0 Å². The fraction of sp³-hybridized carbons (Fsp3) is 0.348. The molecular formula is C23H22ClN3O4. The third-order valence-corrected chi connectivity index (χ3v) is 7.03. The largest absolute Gasteiger partial charge is 0.392 e. The molecule has 2 saturated heterocycles. The number of hydrogen-bond donors (Lipinski definition) is 3. The Hall–Kier alpha value is -2.74. The minimum Gasteiger partial charge on any atom is -0.392 e. The number of aliphatic hydroxyl groups excluding tert-OH is 1. The molecule has 7 nitrogen and oxygen atoms in total. The zero-order valence-electron chi connectivity index (χ0n) is 16.8. The highest BCUT2D eigenvalue weighted by atomic mass is 35.5. The summed E-state index contributed by atoms with van der Waals surface area (Å²) in [4.78, 5) is 41.4. The van der Waals surface area contributed by atoms with E-state index in [1.54, 1.807) is 25.1 Å². The maximum atomic E-state index is 13.6. The van der Waals surface area contributed by atoms with E-state index in [0.717, 1.165) is 5.56 Å². The average molecular weight is 440 g/mol. The predicted molar refractivity (Wildman–Crippen MR) is 114 cm³/mol. The van der Waals surface area contributed by atoms with E-state index in [1.165, 1.54) is 4.90 Å². The standard InChI is InChI=1S/C23H22ClN3O4/c1-12(28)18-16-17(21(30)27(20(16)29)11-10-13-6-3-2-4-7-13)23(26-18)14-8-5-9-15(24)19(14)25-22(23)31/h2-9,12,16-18,26,28H,10-11H2,1H3,(H,25,31)/t12-,16-,17+,18+,23+/m1/s1. The molecule has 2 aromatic rings. The van der Waals surface area contributed by atoms with Gasteiger partial charge in [-0.15, -0.1) is 0 Å². The minimum atomic E-state index is -1.44. The number of hydrogen-bond acceptors (Lipinski definition) is 5. The molecule has 5 rings (SSSR count). The number of fused-ring (bicyclic) bond motifs is 4. The molecule has 3 aliphatic rings. The van der Waals surface area contributed by atoms with Gasteiger partial charge in [0.25, 0.3) is 0 Å². The fourth-order valence-corrected chi connectivity index (χ4v) is 5.53. The number of anilines is 1. The van der Waals surface area contributed by atoms with Crippen LogP contribution in [0.15, 0.2) is 48.5 Å². The molecule has 3 aliphatic heterocycles. The van der Waals surface area contributed by atoms with E-state index in [1.807, 2.05) is 30.3 Å². The lowest BCUT2D eigenvalue weighted by atomic mass is 9.76. The molecule has 0 radical (unpaired) electrons. The zero-order valence-corrected chi connectivity index (χ0v) is 17.6. The summed E-state index contributed by atoms with van der Waals surface area (Å²) in [6.45, 7) is 1.78. The summed E-state index contributed by atoms with van der Waals surface area (Å²) in [6.07, 6.45) is -0.416. The molecule has 0 bridgehead atoms. The normalized spacial score (nSPS) is 30.0. The summed E-state index contributed by atoms with van der Waals surface area (Å²) in [5, 5.41) is 16.7. The van der Waals surface area contributed by atoms with Crippen LogP contribution in [0.25, 0.3) is 0 Å². The molecule has 0 saturated carbocycles. The van der Waals surface area contributed by atoms with Gasteiger partial charge in [-0.2, -0.15) is 0 Å². The van der Waals surface area contributed by atoms with Gasteiger partial charge in [-0.1, -0.05) is 54.1 Å². The lowest BCUT2D eigenvalue weighted by Gasteiger charge is -2.30. The van der Waals surface area contributed by atoms with Crippen molar-refractivity contribution in [2.24, 2.45) is 11.8 Å². The SMILES string of the molecule is C[C@@H](O)[C@@H]1N[C@]2(C(=O)Nc3c(Cl)cccc32)[C@@H]2C(=O)N(CCc3ccccc3)C(=O)[C@@H]12. The summed E-state index contributed by atoms with van der Waals surface area (Å²) < 4.78 is 0. The van der Waals surface area contributed by atoms with Gasteiger partial charge < -0.3 is 10.4 Å². The number of aliphatic hydroxyl groups is 1. The van der Waals surface area contributed by atoms with Gasteiger partial charge in [0.1, 0.15) is 5.54 Å². The Bertz CT molecular complexity index is 1090. The molecule has 31 heavy (non-hydrogen) atoms. The lowest BCUT2D eigenvalue weighted by Crippen LogP contribution is -2.54. The maximum absolute atomic E-state index is 13.6. The monoisotopic (exact) mass is 439 g/mol. The number of nitrogens with zero attached hydrogens (tertiary/aromatic N) is 1. The number of nitrogens with one attached hydrogen (secondary N) is 2. The molecule has 8 heteroatoms. The van der Waals surface area contributed by atoms with Crippen molar-refractivity contribution in [2.75, 3.05) is 11.9 Å². The van der Waals surface area contributed by atoms with Gasteiger partial charge in [0.15, 0.2) is 0 Å². The zero-order chi connectivity index (χ0) is 21.9. The molecule has 2 aromatic carbocycles. The number of carbonyl (C=O) groups excluding carboxylic acids is 3. The van der Waals surface area contributed by atoms with Gasteiger partial charge in [-0.25, -0.2) is 0 Å². The second-order valence-corrected chi connectivity index (χ2v) is 8.81. The Kier molecular flexibility index (Phi) is 4.66. The molecule has 0 aliphatic carbocycles. The van der Waals surface area contributed by atoms with Crippen LogP contribution in [0.5, 0.6) is 0 Å². The van der Waals surface area contributed by atoms with Crippen molar-refractivity contribution in [3.8, 4) is 0 Å². The van der Waals surface area contributed by atoms with Crippen molar-refractivity contribution < 1.29 is 19.5 Å². The van der Waals surface area contributed by atoms with Gasteiger partial charge in [0, 0.05) is 18.2 Å². The smallest absolute Gasteiger partial charge is 0.250 e. The number of para-hydroxylation sites is 1. The van der Waals surface area contributed by atoms with E-state index in [9.17, 15) is 19.5 Å². The summed E-state index contributed by atoms with van der Waals surface area (Å²) in [5.74, 6) is -2.97. The Labute approximate surface area is 184 Å². The molecule has 1 spiro atoms. The van der Waals surface area contributed by atoms with Crippen LogP contribution in [-0.4, -0.2) is 46.4 Å². The number of rotatable bonds is 4. The first kappa shape index (κ1) is 20.2. The first-order valence-corrected chi connectivity index (χ1v) is 10.7. The number of halogens is 1. The minimum absolute atomic E-state index is 0.224. The van der Waals surface area contributed by atoms with Crippen LogP contribution in [0, 0.1) is 11.8 Å². The highest BCUT2D eigenvalue weighted by Crippen LogP contribution is 2.54. The van der Waals surface area contributed by atoms with Crippen LogP contribution < -0.4 is 10.6 Å². The van der Waals surface area contributed by atoms with E-state index < -0.39 is 41.3 Å². The number of imide groups is 1. The first-order chi connectivity index (χ1) is 14.9. The van der Waals surface area contributed by atoms with Crippen LogP contribution in [0.1, 0.15) is 18.1 Å². The number of amides is 3. The Morgan fingerprint density at radius 1 is 1.10 bits per heavy atom. The molecule has 0 aromatic heterocycles. The van der Waals surface area contributed by atoms with Gasteiger partial charge in [0.05, 0.1) is 28.6 Å². The Balaban J connectivity index is 1.56. The molecule has 3 amide bonds. The highest BCUT2D eigenvalue weighted by Gasteiger charge is 2.71.